The molecule has 0 N–H and O–H groups in total. The molecular weight excluding hydrogens is 385 g/mol. The summed E-state index contributed by atoms with van der Waals surface area (Å²) in [7, 11) is 0. The van der Waals surface area contributed by atoms with E-state index in [2.05, 4.69) is 10.3 Å². The van der Waals surface area contributed by atoms with Crippen LogP contribution in [0.15, 0.2) is 36.5 Å². The first-order valence-corrected chi connectivity index (χ1v) is 10.4. The Kier molecular flexibility index (Phi) is 7.32. The van der Waals surface area contributed by atoms with E-state index >= 15 is 0 Å². The van der Waals surface area contributed by atoms with Gasteiger partial charge in [0.05, 0.1) is 6.20 Å². The topological polar surface area (TPSA) is 71.3 Å². The van der Waals surface area contributed by atoms with Crippen molar-refractivity contribution in [2.24, 2.45) is 5.92 Å². The lowest BCUT2D eigenvalue weighted by Gasteiger charge is -2.32. The van der Waals surface area contributed by atoms with Crippen molar-refractivity contribution < 1.29 is 14.0 Å². The fourth-order valence-electron chi connectivity index (χ4n) is 3.72. The van der Waals surface area contributed by atoms with Crippen molar-refractivity contribution in [2.75, 3.05) is 26.2 Å². The van der Waals surface area contributed by atoms with Gasteiger partial charge >= 0.3 is 0 Å². The van der Waals surface area contributed by atoms with E-state index < -0.39 is 0 Å². The van der Waals surface area contributed by atoms with Gasteiger partial charge in [0.2, 0.25) is 5.91 Å². The summed E-state index contributed by atoms with van der Waals surface area (Å²) in [5.41, 5.74) is 1.00. The summed E-state index contributed by atoms with van der Waals surface area (Å²) in [4.78, 5) is 28.5. The van der Waals surface area contributed by atoms with Crippen LogP contribution in [0.3, 0.4) is 0 Å². The van der Waals surface area contributed by atoms with Crippen LogP contribution in [0, 0.1) is 11.7 Å². The molecule has 1 atom stereocenters. The molecule has 1 aromatic heterocycles. The fourth-order valence-corrected chi connectivity index (χ4v) is 3.72. The first-order valence-electron chi connectivity index (χ1n) is 10.4. The van der Waals surface area contributed by atoms with E-state index in [1.165, 1.54) is 18.2 Å². The summed E-state index contributed by atoms with van der Waals surface area (Å²) in [5, 5.41) is 8.12. The molecule has 3 rings (SSSR count). The Morgan fingerprint density at radius 2 is 2.10 bits per heavy atom. The standard InChI is InChI=1S/C22H28FN5O2/c1-3-26(4-2)22(30)20-16-28(25-24-20)15-18-8-6-12-27(14-18)21(29)11-10-17-7-5-9-19(23)13-17/h5,7,9-11,13,16,18H,3-4,6,8,12,14-15H2,1-2H3/b11-10-. The second kappa shape index (κ2) is 10.1. The number of hydrogen-bond acceptors (Lipinski definition) is 4. The van der Waals surface area contributed by atoms with E-state index in [0.29, 0.717) is 44.0 Å². The Balaban J connectivity index is 1.57. The first kappa shape index (κ1) is 21.7. The van der Waals surface area contributed by atoms with Crippen LogP contribution < -0.4 is 0 Å². The molecule has 2 heterocycles. The van der Waals surface area contributed by atoms with Gasteiger partial charge in [0.15, 0.2) is 5.69 Å². The van der Waals surface area contributed by atoms with E-state index in [1.54, 1.807) is 34.0 Å². The molecular formula is C22H28FN5O2. The van der Waals surface area contributed by atoms with Crippen LogP contribution in [0.25, 0.3) is 6.08 Å². The summed E-state index contributed by atoms with van der Waals surface area (Å²) in [5.74, 6) is -0.285. The van der Waals surface area contributed by atoms with Crippen LogP contribution in [0.1, 0.15) is 42.7 Å². The second-order valence-electron chi connectivity index (χ2n) is 7.48. The number of carbonyl (C=O) groups is 2. The summed E-state index contributed by atoms with van der Waals surface area (Å²) < 4.78 is 15.0. The minimum absolute atomic E-state index is 0.0834. The van der Waals surface area contributed by atoms with Crippen LogP contribution in [0.4, 0.5) is 4.39 Å². The van der Waals surface area contributed by atoms with Crippen LogP contribution in [-0.4, -0.2) is 62.8 Å². The third-order valence-electron chi connectivity index (χ3n) is 5.35. The Morgan fingerprint density at radius 3 is 2.83 bits per heavy atom. The Bertz CT molecular complexity index is 906. The van der Waals surface area contributed by atoms with E-state index in [9.17, 15) is 14.0 Å². The molecule has 0 bridgehead atoms. The first-order chi connectivity index (χ1) is 14.5. The van der Waals surface area contributed by atoms with Crippen LogP contribution in [0.2, 0.25) is 0 Å². The van der Waals surface area contributed by atoms with Gasteiger partial charge in [0.25, 0.3) is 5.91 Å². The van der Waals surface area contributed by atoms with Crippen molar-refractivity contribution in [1.29, 1.82) is 0 Å². The summed E-state index contributed by atoms with van der Waals surface area (Å²) in [6, 6.07) is 6.14. The van der Waals surface area contributed by atoms with Crippen molar-refractivity contribution >= 4 is 17.9 Å². The summed E-state index contributed by atoms with van der Waals surface area (Å²) in [6.45, 7) is 7.05. The Hall–Kier alpha value is -3.03. The zero-order valence-electron chi connectivity index (χ0n) is 17.5. The van der Waals surface area contributed by atoms with Crippen molar-refractivity contribution in [3.63, 3.8) is 0 Å². The Morgan fingerprint density at radius 1 is 1.30 bits per heavy atom. The molecule has 2 aromatic rings. The third kappa shape index (κ3) is 5.52. The number of piperidine rings is 1. The van der Waals surface area contributed by atoms with E-state index in [1.807, 2.05) is 18.7 Å². The molecule has 0 spiro atoms. The monoisotopic (exact) mass is 413 g/mol. The van der Waals surface area contributed by atoms with Gasteiger partial charge in [0, 0.05) is 38.8 Å². The highest BCUT2D eigenvalue weighted by Crippen LogP contribution is 2.19. The zero-order chi connectivity index (χ0) is 21.5. The highest BCUT2D eigenvalue weighted by molar-refractivity contribution is 5.92. The fraction of sp³-hybridized carbons (Fsp3) is 0.455. The average molecular weight is 413 g/mol. The molecule has 1 aromatic carbocycles. The summed E-state index contributed by atoms with van der Waals surface area (Å²) >= 11 is 0. The van der Waals surface area contributed by atoms with E-state index in [4.69, 9.17) is 0 Å². The number of halogens is 1. The number of hydrogen-bond donors (Lipinski definition) is 0. The predicted molar refractivity (Wildman–Crippen MR) is 112 cm³/mol. The average Bonchev–Trinajstić information content (AvgIpc) is 3.21. The van der Waals surface area contributed by atoms with Gasteiger partial charge < -0.3 is 9.80 Å². The number of benzene rings is 1. The zero-order valence-corrected chi connectivity index (χ0v) is 17.5. The SMILES string of the molecule is CCN(CC)C(=O)c1cn(CC2CCCN(C(=O)/C=C\c3cccc(F)c3)C2)nn1. The van der Waals surface area contributed by atoms with Gasteiger partial charge in [-0.25, -0.2) is 4.39 Å². The van der Waals surface area contributed by atoms with Crippen molar-refractivity contribution in [1.82, 2.24) is 24.8 Å². The molecule has 2 amide bonds. The normalized spacial score (nSPS) is 16.8. The van der Waals surface area contributed by atoms with Gasteiger partial charge in [0.1, 0.15) is 5.82 Å². The minimum atomic E-state index is -0.325. The van der Waals surface area contributed by atoms with Gasteiger partial charge in [-0.05, 0) is 56.4 Å². The quantitative estimate of drug-likeness (QED) is 0.655. The molecule has 1 fully saturated rings. The highest BCUT2D eigenvalue weighted by atomic mass is 19.1. The minimum Gasteiger partial charge on any atom is -0.339 e. The van der Waals surface area contributed by atoms with Crippen LogP contribution >= 0.6 is 0 Å². The maximum atomic E-state index is 13.3. The number of amides is 2. The van der Waals surface area contributed by atoms with Gasteiger partial charge in [-0.15, -0.1) is 5.10 Å². The van der Waals surface area contributed by atoms with Crippen molar-refractivity contribution in [2.45, 2.75) is 33.2 Å². The van der Waals surface area contributed by atoms with E-state index in [0.717, 1.165) is 12.8 Å². The van der Waals surface area contributed by atoms with Gasteiger partial charge in [-0.1, -0.05) is 17.3 Å². The lowest BCUT2D eigenvalue weighted by molar-refractivity contribution is -0.127. The smallest absolute Gasteiger partial charge is 0.276 e. The largest absolute Gasteiger partial charge is 0.339 e. The predicted octanol–water partition coefficient (Wildman–Crippen LogP) is 2.85. The highest BCUT2D eigenvalue weighted by Gasteiger charge is 2.24. The molecule has 160 valence electrons. The molecule has 1 aliphatic heterocycles. The molecule has 0 aliphatic carbocycles. The molecule has 0 radical (unpaired) electrons. The molecule has 30 heavy (non-hydrogen) atoms. The number of nitrogens with zero attached hydrogens (tertiary/aromatic N) is 5. The lowest BCUT2D eigenvalue weighted by atomic mass is 9.98. The second-order valence-corrected chi connectivity index (χ2v) is 7.48. The summed E-state index contributed by atoms with van der Waals surface area (Å²) in [6.07, 6.45) is 6.71. The molecule has 1 saturated heterocycles. The van der Waals surface area contributed by atoms with Gasteiger partial charge in [-0.3, -0.25) is 14.3 Å². The molecule has 1 aliphatic rings. The maximum absolute atomic E-state index is 13.3. The number of rotatable bonds is 7. The van der Waals surface area contributed by atoms with Gasteiger partial charge in [-0.2, -0.15) is 0 Å². The van der Waals surface area contributed by atoms with Crippen LogP contribution in [-0.2, 0) is 11.3 Å². The number of carbonyl (C=O) groups excluding carboxylic acids is 2. The van der Waals surface area contributed by atoms with E-state index in [-0.39, 0.29) is 23.5 Å². The lowest BCUT2D eigenvalue weighted by Crippen LogP contribution is -2.40. The molecule has 0 saturated carbocycles. The van der Waals surface area contributed by atoms with Crippen molar-refractivity contribution in [3.8, 4) is 0 Å². The molecule has 8 heteroatoms. The Labute approximate surface area is 176 Å². The third-order valence-corrected chi connectivity index (χ3v) is 5.35. The number of likely N-dealkylation sites (tertiary alicyclic amines) is 1. The molecule has 7 nitrogen and oxygen atoms in total. The number of aromatic nitrogens is 3. The van der Waals surface area contributed by atoms with Crippen molar-refractivity contribution in [3.05, 3.63) is 53.6 Å². The maximum Gasteiger partial charge on any atom is 0.276 e. The van der Waals surface area contributed by atoms with Crippen LogP contribution in [0.5, 0.6) is 0 Å². The molecule has 1 unspecified atom stereocenters.